The van der Waals surface area contributed by atoms with Crippen LogP contribution >= 0.6 is 0 Å². The third-order valence-electron chi connectivity index (χ3n) is 4.15. The van der Waals surface area contributed by atoms with E-state index < -0.39 is 23.5 Å². The average Bonchev–Trinajstić information content (AvgIpc) is 2.55. The van der Waals surface area contributed by atoms with E-state index in [-0.39, 0.29) is 12.8 Å². The van der Waals surface area contributed by atoms with Gasteiger partial charge in [-0.1, -0.05) is 19.9 Å². The number of methoxy groups -OCH3 is 1. The van der Waals surface area contributed by atoms with Crippen LogP contribution in [0.2, 0.25) is 0 Å². The van der Waals surface area contributed by atoms with Gasteiger partial charge in [0, 0.05) is 23.9 Å². The van der Waals surface area contributed by atoms with Crippen LogP contribution in [0.3, 0.4) is 0 Å². The van der Waals surface area contributed by atoms with Crippen molar-refractivity contribution in [2.75, 3.05) is 13.8 Å². The van der Waals surface area contributed by atoms with E-state index in [9.17, 15) is 13.9 Å². The van der Waals surface area contributed by atoms with Crippen molar-refractivity contribution in [3.63, 3.8) is 0 Å². The van der Waals surface area contributed by atoms with Gasteiger partial charge in [-0.15, -0.1) is 0 Å². The van der Waals surface area contributed by atoms with Gasteiger partial charge < -0.3 is 9.84 Å². The fourth-order valence-corrected chi connectivity index (χ4v) is 3.12. The summed E-state index contributed by atoms with van der Waals surface area (Å²) in [5.74, 6) is 0.118. The molecule has 2 aromatic rings. The van der Waals surface area contributed by atoms with E-state index in [2.05, 4.69) is 4.98 Å². The molecule has 0 amide bonds. The Bertz CT molecular complexity index is 676. The van der Waals surface area contributed by atoms with Gasteiger partial charge in [-0.05, 0) is 42.2 Å². The molecule has 2 rings (SSSR count). The smallest absolute Gasteiger partial charge is 0.123 e. The van der Waals surface area contributed by atoms with Gasteiger partial charge in [-0.2, -0.15) is 0 Å². The third kappa shape index (κ3) is 4.29. The summed E-state index contributed by atoms with van der Waals surface area (Å²) in [6.45, 7) is 2.76. The van der Waals surface area contributed by atoms with Crippen molar-refractivity contribution in [1.29, 1.82) is 0 Å². The minimum atomic E-state index is -1.59. The Morgan fingerprint density at radius 1 is 1.21 bits per heavy atom. The van der Waals surface area contributed by atoms with E-state index in [1.807, 2.05) is 13.8 Å². The number of hydrogen-bond acceptors (Lipinski definition) is 3. The Kier molecular flexibility index (Phi) is 5.54. The van der Waals surface area contributed by atoms with E-state index >= 15 is 0 Å². The Labute approximate surface area is 141 Å². The molecule has 3 nitrogen and oxygen atoms in total. The lowest BCUT2D eigenvalue weighted by molar-refractivity contribution is -0.00962. The minimum Gasteiger partial charge on any atom is -0.496 e. The molecule has 0 bridgehead atoms. The quantitative estimate of drug-likeness (QED) is 0.836. The van der Waals surface area contributed by atoms with Gasteiger partial charge in [0.05, 0.1) is 12.7 Å². The normalized spacial score (nSPS) is 14.2. The van der Waals surface area contributed by atoms with Gasteiger partial charge in [-0.3, -0.25) is 4.98 Å². The first-order chi connectivity index (χ1) is 11.3. The molecule has 1 aromatic carbocycles. The molecule has 0 fully saturated rings. The Morgan fingerprint density at radius 2 is 1.96 bits per heavy atom. The summed E-state index contributed by atoms with van der Waals surface area (Å²) in [5, 5.41) is 10.8. The van der Waals surface area contributed by atoms with Crippen molar-refractivity contribution in [1.82, 2.24) is 4.98 Å². The maximum absolute atomic E-state index is 13.7. The molecular formula is C19H23F2NO2. The van der Waals surface area contributed by atoms with Crippen LogP contribution in [0.4, 0.5) is 8.78 Å². The third-order valence-corrected chi connectivity index (χ3v) is 4.15. The van der Waals surface area contributed by atoms with Gasteiger partial charge in [0.2, 0.25) is 0 Å². The number of nitrogens with zero attached hydrogens (tertiary/aromatic N) is 1. The second-order valence-corrected chi connectivity index (χ2v) is 6.76. The van der Waals surface area contributed by atoms with Crippen molar-refractivity contribution in [2.24, 2.45) is 0 Å². The van der Waals surface area contributed by atoms with Gasteiger partial charge in [0.25, 0.3) is 0 Å². The van der Waals surface area contributed by atoms with Crippen molar-refractivity contribution in [3.05, 3.63) is 59.7 Å². The van der Waals surface area contributed by atoms with E-state index in [0.717, 1.165) is 0 Å². The van der Waals surface area contributed by atoms with Crippen LogP contribution in [0, 0.1) is 5.82 Å². The van der Waals surface area contributed by atoms with Crippen LogP contribution in [0.5, 0.6) is 5.75 Å². The zero-order valence-electron chi connectivity index (χ0n) is 14.2. The van der Waals surface area contributed by atoms with Crippen LogP contribution < -0.4 is 4.74 Å². The Morgan fingerprint density at radius 3 is 2.54 bits per heavy atom. The van der Waals surface area contributed by atoms with Crippen LogP contribution in [0.15, 0.2) is 42.6 Å². The average molecular weight is 335 g/mol. The summed E-state index contributed by atoms with van der Waals surface area (Å²) >= 11 is 0. The highest BCUT2D eigenvalue weighted by Crippen LogP contribution is 2.39. The molecule has 0 aliphatic rings. The number of aromatic nitrogens is 1. The highest BCUT2D eigenvalue weighted by atomic mass is 19.1. The predicted molar refractivity (Wildman–Crippen MR) is 89.5 cm³/mol. The van der Waals surface area contributed by atoms with Gasteiger partial charge >= 0.3 is 0 Å². The van der Waals surface area contributed by atoms with Crippen LogP contribution in [0.25, 0.3) is 0 Å². The monoisotopic (exact) mass is 335 g/mol. The van der Waals surface area contributed by atoms with Crippen molar-refractivity contribution < 1.29 is 18.6 Å². The summed E-state index contributed by atoms with van der Waals surface area (Å²) in [5.41, 5.74) is -1.07. The second-order valence-electron chi connectivity index (χ2n) is 6.76. The van der Waals surface area contributed by atoms with Gasteiger partial charge in [0.1, 0.15) is 18.2 Å². The number of aliphatic hydroxyl groups is 1. The lowest BCUT2D eigenvalue weighted by Gasteiger charge is -2.35. The standard InChI is InChI=1S/C19H23F2NO2/c1-18(2,16-10-14(21)7-8-17(16)24-3)12-19(23,13-20)11-15-6-4-5-9-22-15/h4-10,23H,11-13H2,1-3H3. The van der Waals surface area contributed by atoms with E-state index in [1.54, 1.807) is 30.5 Å². The fraction of sp³-hybridized carbons (Fsp3) is 0.421. The molecular weight excluding hydrogens is 312 g/mol. The molecule has 24 heavy (non-hydrogen) atoms. The molecule has 0 aliphatic heterocycles. The number of ether oxygens (including phenoxy) is 1. The molecule has 0 spiro atoms. The first-order valence-electron chi connectivity index (χ1n) is 7.82. The van der Waals surface area contributed by atoms with E-state index in [4.69, 9.17) is 4.74 Å². The van der Waals surface area contributed by atoms with Crippen molar-refractivity contribution in [3.8, 4) is 5.75 Å². The second kappa shape index (κ2) is 7.26. The lowest BCUT2D eigenvalue weighted by atomic mass is 9.74. The summed E-state index contributed by atoms with van der Waals surface area (Å²) in [6.07, 6.45) is 1.80. The minimum absolute atomic E-state index is 0.0887. The number of hydrogen-bond donors (Lipinski definition) is 1. The van der Waals surface area contributed by atoms with E-state index in [0.29, 0.717) is 17.0 Å². The molecule has 0 aliphatic carbocycles. The predicted octanol–water partition coefficient (Wildman–Crippen LogP) is 3.84. The largest absolute Gasteiger partial charge is 0.496 e. The molecule has 1 atom stereocenters. The number of pyridine rings is 1. The summed E-state index contributed by atoms with van der Waals surface area (Å²) < 4.78 is 32.6. The summed E-state index contributed by atoms with van der Waals surface area (Å²) in [4.78, 5) is 4.15. The van der Waals surface area contributed by atoms with E-state index in [1.165, 1.54) is 19.2 Å². The number of rotatable bonds is 7. The maximum Gasteiger partial charge on any atom is 0.123 e. The fourth-order valence-electron chi connectivity index (χ4n) is 3.12. The summed E-state index contributed by atoms with van der Waals surface area (Å²) in [7, 11) is 1.50. The molecule has 0 saturated carbocycles. The van der Waals surface area contributed by atoms with Crippen LogP contribution in [-0.2, 0) is 11.8 Å². The maximum atomic E-state index is 13.7. The molecule has 1 unspecified atom stereocenters. The zero-order chi connectivity index (χ0) is 17.8. The van der Waals surface area contributed by atoms with Crippen LogP contribution in [-0.4, -0.2) is 29.5 Å². The highest BCUT2D eigenvalue weighted by Gasteiger charge is 2.37. The van der Waals surface area contributed by atoms with Crippen molar-refractivity contribution in [2.45, 2.75) is 37.7 Å². The molecule has 1 N–H and O–H groups in total. The summed E-state index contributed by atoms with van der Waals surface area (Å²) in [6, 6.07) is 9.53. The molecule has 130 valence electrons. The molecule has 1 aromatic heterocycles. The van der Waals surface area contributed by atoms with Crippen LogP contribution in [0.1, 0.15) is 31.5 Å². The molecule has 1 heterocycles. The number of benzene rings is 1. The molecule has 5 heteroatoms. The van der Waals surface area contributed by atoms with Crippen molar-refractivity contribution >= 4 is 0 Å². The first kappa shape index (κ1) is 18.3. The molecule has 0 saturated heterocycles. The Balaban J connectivity index is 2.30. The molecule has 0 radical (unpaired) electrons. The lowest BCUT2D eigenvalue weighted by Crippen LogP contribution is -2.41. The first-order valence-corrected chi connectivity index (χ1v) is 7.82. The Hall–Kier alpha value is -2.01. The van der Waals surface area contributed by atoms with Gasteiger partial charge in [-0.25, -0.2) is 8.78 Å². The zero-order valence-corrected chi connectivity index (χ0v) is 14.2. The SMILES string of the molecule is COc1ccc(F)cc1C(C)(C)CC(O)(CF)Cc1ccccn1. The van der Waals surface area contributed by atoms with Gasteiger partial charge in [0.15, 0.2) is 0 Å². The number of halogens is 2. The number of alkyl halides is 1. The topological polar surface area (TPSA) is 42.4 Å². The highest BCUT2D eigenvalue weighted by molar-refractivity contribution is 5.39.